The molecule has 21 heavy (non-hydrogen) atoms. The van der Waals surface area contributed by atoms with Gasteiger partial charge in [0.25, 0.3) is 0 Å². The molecule has 3 aromatic rings. The molecule has 2 heterocycles. The summed E-state index contributed by atoms with van der Waals surface area (Å²) in [5.41, 5.74) is 1.61. The Bertz CT molecular complexity index is 785. The van der Waals surface area contributed by atoms with Crippen LogP contribution < -0.4 is 4.74 Å². The molecule has 0 fully saturated rings. The van der Waals surface area contributed by atoms with Gasteiger partial charge >= 0.3 is 0 Å². The van der Waals surface area contributed by atoms with Crippen molar-refractivity contribution in [2.45, 2.75) is 20.3 Å². The summed E-state index contributed by atoms with van der Waals surface area (Å²) in [6.45, 7) is 4.62. The van der Waals surface area contributed by atoms with Crippen molar-refractivity contribution in [2.75, 3.05) is 6.61 Å². The van der Waals surface area contributed by atoms with Crippen LogP contribution in [0.15, 0.2) is 36.5 Å². The van der Waals surface area contributed by atoms with E-state index in [2.05, 4.69) is 11.9 Å². The van der Waals surface area contributed by atoms with E-state index in [-0.39, 0.29) is 5.78 Å². The summed E-state index contributed by atoms with van der Waals surface area (Å²) in [7, 11) is 0. The number of ketones is 1. The molecule has 1 aromatic carbocycles. The molecule has 2 aromatic heterocycles. The maximum Gasteiger partial charge on any atom is 0.205 e. The van der Waals surface area contributed by atoms with Crippen LogP contribution in [0.4, 0.5) is 0 Å². The molecule has 108 valence electrons. The molecule has 1 N–H and O–H groups in total. The van der Waals surface area contributed by atoms with E-state index in [9.17, 15) is 4.79 Å². The molecule has 0 saturated heterocycles. The van der Waals surface area contributed by atoms with E-state index in [0.29, 0.717) is 12.2 Å². The van der Waals surface area contributed by atoms with Crippen LogP contribution in [0.2, 0.25) is 0 Å². The van der Waals surface area contributed by atoms with Gasteiger partial charge in [0.05, 0.1) is 22.4 Å². The second-order valence-electron chi connectivity index (χ2n) is 4.76. The smallest absolute Gasteiger partial charge is 0.205 e. The lowest BCUT2D eigenvalue weighted by Gasteiger charge is -2.06. The Morgan fingerprint density at radius 2 is 2.10 bits per heavy atom. The SMILES string of the molecule is CCOc1cccc2[nH]cc(C(=O)c3ccc(CC)s3)c12. The van der Waals surface area contributed by atoms with Crippen LogP contribution in [0.5, 0.6) is 5.75 Å². The predicted octanol–water partition coefficient (Wildman–Crippen LogP) is 4.42. The zero-order valence-electron chi connectivity index (χ0n) is 12.1. The van der Waals surface area contributed by atoms with Crippen LogP contribution in [0.3, 0.4) is 0 Å². The van der Waals surface area contributed by atoms with Gasteiger partial charge in [-0.3, -0.25) is 4.79 Å². The van der Waals surface area contributed by atoms with Crippen molar-refractivity contribution in [3.05, 3.63) is 51.8 Å². The Hall–Kier alpha value is -2.07. The summed E-state index contributed by atoms with van der Waals surface area (Å²) >= 11 is 1.56. The maximum atomic E-state index is 12.7. The molecular formula is C17H17NO2S. The fourth-order valence-electron chi connectivity index (χ4n) is 2.43. The van der Waals surface area contributed by atoms with Gasteiger partial charge in [0.1, 0.15) is 5.75 Å². The molecule has 3 rings (SSSR count). The van der Waals surface area contributed by atoms with Crippen LogP contribution in [-0.2, 0) is 6.42 Å². The zero-order chi connectivity index (χ0) is 14.8. The quantitative estimate of drug-likeness (QED) is 0.708. The Labute approximate surface area is 127 Å². The van der Waals surface area contributed by atoms with Crippen molar-refractivity contribution >= 4 is 28.0 Å². The fourth-order valence-corrected chi connectivity index (χ4v) is 3.33. The van der Waals surface area contributed by atoms with Gasteiger partial charge in [-0.15, -0.1) is 11.3 Å². The number of H-pyrrole nitrogens is 1. The van der Waals surface area contributed by atoms with Crippen LogP contribution in [-0.4, -0.2) is 17.4 Å². The van der Waals surface area contributed by atoms with E-state index in [1.807, 2.05) is 37.3 Å². The minimum Gasteiger partial charge on any atom is -0.493 e. The first-order chi connectivity index (χ1) is 10.2. The van der Waals surface area contributed by atoms with E-state index in [1.165, 1.54) is 4.88 Å². The van der Waals surface area contributed by atoms with E-state index < -0.39 is 0 Å². The number of hydrogen-bond acceptors (Lipinski definition) is 3. The number of rotatable bonds is 5. The topological polar surface area (TPSA) is 42.1 Å². The zero-order valence-corrected chi connectivity index (χ0v) is 12.9. The third kappa shape index (κ3) is 2.47. The summed E-state index contributed by atoms with van der Waals surface area (Å²) in [5, 5.41) is 0.871. The molecule has 4 heteroatoms. The van der Waals surface area contributed by atoms with Gasteiger partial charge < -0.3 is 9.72 Å². The normalized spacial score (nSPS) is 11.0. The number of aryl methyl sites for hydroxylation is 1. The highest BCUT2D eigenvalue weighted by molar-refractivity contribution is 7.14. The van der Waals surface area contributed by atoms with Gasteiger partial charge in [-0.2, -0.15) is 0 Å². The number of hydrogen-bond donors (Lipinski definition) is 1. The maximum absolute atomic E-state index is 12.7. The Balaban J connectivity index is 2.09. The molecule has 0 aliphatic heterocycles. The highest BCUT2D eigenvalue weighted by atomic mass is 32.1. The number of ether oxygens (including phenoxy) is 1. The standard InChI is InChI=1S/C17H17NO2S/c1-3-11-8-9-15(21-11)17(19)12-10-18-13-6-5-7-14(16(12)13)20-4-2/h5-10,18H,3-4H2,1-2H3. The molecule has 0 amide bonds. The number of nitrogens with one attached hydrogen (secondary N) is 1. The molecule has 0 aliphatic carbocycles. The molecule has 0 radical (unpaired) electrons. The first kappa shape index (κ1) is 13.9. The second-order valence-corrected chi connectivity index (χ2v) is 5.93. The highest BCUT2D eigenvalue weighted by Gasteiger charge is 2.18. The highest BCUT2D eigenvalue weighted by Crippen LogP contribution is 2.31. The number of aromatic amines is 1. The first-order valence-corrected chi connectivity index (χ1v) is 7.92. The summed E-state index contributed by atoms with van der Waals surface area (Å²) in [6.07, 6.45) is 2.73. The molecule has 0 saturated carbocycles. The van der Waals surface area contributed by atoms with Crippen molar-refractivity contribution in [1.82, 2.24) is 4.98 Å². The lowest BCUT2D eigenvalue weighted by molar-refractivity contribution is 0.104. The van der Waals surface area contributed by atoms with Gasteiger partial charge in [-0.1, -0.05) is 13.0 Å². The third-order valence-corrected chi connectivity index (χ3v) is 4.67. The Kier molecular flexibility index (Phi) is 3.80. The van der Waals surface area contributed by atoms with Gasteiger partial charge in [0.15, 0.2) is 0 Å². The predicted molar refractivity (Wildman–Crippen MR) is 86.6 cm³/mol. The molecular weight excluding hydrogens is 282 g/mol. The van der Waals surface area contributed by atoms with E-state index in [1.54, 1.807) is 17.5 Å². The number of carbonyl (C=O) groups excluding carboxylic acids is 1. The summed E-state index contributed by atoms with van der Waals surface area (Å²) < 4.78 is 5.66. The number of benzene rings is 1. The van der Waals surface area contributed by atoms with Gasteiger partial charge in [-0.05, 0) is 37.6 Å². The van der Waals surface area contributed by atoms with Crippen molar-refractivity contribution in [3.63, 3.8) is 0 Å². The Morgan fingerprint density at radius 1 is 1.24 bits per heavy atom. The van der Waals surface area contributed by atoms with Crippen molar-refractivity contribution in [1.29, 1.82) is 0 Å². The minimum absolute atomic E-state index is 0.0538. The van der Waals surface area contributed by atoms with Crippen LogP contribution in [0, 0.1) is 0 Å². The fraction of sp³-hybridized carbons (Fsp3) is 0.235. The number of fused-ring (bicyclic) bond motifs is 1. The number of carbonyl (C=O) groups is 1. The van der Waals surface area contributed by atoms with E-state index in [4.69, 9.17) is 4.74 Å². The van der Waals surface area contributed by atoms with Crippen molar-refractivity contribution < 1.29 is 9.53 Å². The molecule has 0 aliphatic rings. The van der Waals surface area contributed by atoms with E-state index in [0.717, 1.165) is 28.0 Å². The molecule has 3 nitrogen and oxygen atoms in total. The molecule has 0 bridgehead atoms. The van der Waals surface area contributed by atoms with Crippen LogP contribution >= 0.6 is 11.3 Å². The average Bonchev–Trinajstić information content (AvgIpc) is 3.14. The molecule has 0 atom stereocenters. The summed E-state index contributed by atoms with van der Waals surface area (Å²) in [5.74, 6) is 0.810. The lowest BCUT2D eigenvalue weighted by Crippen LogP contribution is -1.99. The van der Waals surface area contributed by atoms with Crippen molar-refractivity contribution in [2.24, 2.45) is 0 Å². The summed E-state index contributed by atoms with van der Waals surface area (Å²) in [4.78, 5) is 17.9. The third-order valence-electron chi connectivity index (χ3n) is 3.45. The van der Waals surface area contributed by atoms with Crippen LogP contribution in [0.25, 0.3) is 10.9 Å². The van der Waals surface area contributed by atoms with Crippen LogP contribution in [0.1, 0.15) is 34.0 Å². The van der Waals surface area contributed by atoms with Gasteiger partial charge in [0, 0.05) is 16.6 Å². The largest absolute Gasteiger partial charge is 0.493 e. The first-order valence-electron chi connectivity index (χ1n) is 7.10. The molecule has 0 unspecified atom stereocenters. The average molecular weight is 299 g/mol. The lowest BCUT2D eigenvalue weighted by atomic mass is 10.1. The second kappa shape index (κ2) is 5.74. The monoisotopic (exact) mass is 299 g/mol. The summed E-state index contributed by atoms with van der Waals surface area (Å²) in [6, 6.07) is 9.73. The van der Waals surface area contributed by atoms with E-state index >= 15 is 0 Å². The minimum atomic E-state index is 0.0538. The Morgan fingerprint density at radius 3 is 2.81 bits per heavy atom. The number of aromatic nitrogens is 1. The van der Waals surface area contributed by atoms with Gasteiger partial charge in [-0.25, -0.2) is 0 Å². The molecule has 0 spiro atoms. The van der Waals surface area contributed by atoms with Crippen molar-refractivity contribution in [3.8, 4) is 5.75 Å². The number of thiophene rings is 1. The van der Waals surface area contributed by atoms with Gasteiger partial charge in [0.2, 0.25) is 5.78 Å².